The fourth-order valence-electron chi connectivity index (χ4n) is 2.12. The van der Waals surface area contributed by atoms with Crippen LogP contribution >= 0.6 is 15.9 Å². The van der Waals surface area contributed by atoms with Crippen LogP contribution in [0.25, 0.3) is 5.65 Å². The van der Waals surface area contributed by atoms with Crippen molar-refractivity contribution in [2.45, 2.75) is 6.10 Å². The van der Waals surface area contributed by atoms with E-state index in [1.165, 1.54) is 0 Å². The Balaban J connectivity index is 2.00. The molecule has 3 rings (SSSR count). The molecule has 1 unspecified atom stereocenters. The van der Waals surface area contributed by atoms with Gasteiger partial charge in [-0.15, -0.1) is 0 Å². The predicted molar refractivity (Wildman–Crippen MR) is 69.7 cm³/mol. The molecular weight excluding hydrogens is 300 g/mol. The number of ether oxygens (including phenoxy) is 1. The van der Waals surface area contributed by atoms with Crippen LogP contribution in [0.1, 0.15) is 0 Å². The Kier molecular flexibility index (Phi) is 3.19. The summed E-state index contributed by atoms with van der Waals surface area (Å²) >= 11 is 3.40. The van der Waals surface area contributed by atoms with Crippen molar-refractivity contribution in [3.63, 3.8) is 0 Å². The maximum Gasteiger partial charge on any atom is 0.180 e. The van der Waals surface area contributed by atoms with Crippen molar-refractivity contribution in [3.05, 3.63) is 23.2 Å². The molecule has 2 aromatic heterocycles. The molecule has 18 heavy (non-hydrogen) atoms. The highest BCUT2D eigenvalue weighted by Crippen LogP contribution is 2.22. The molecule has 0 bridgehead atoms. The molecule has 0 aromatic carbocycles. The first-order valence-electron chi connectivity index (χ1n) is 5.74. The maximum atomic E-state index is 9.18. The molecule has 0 aliphatic carbocycles. The van der Waals surface area contributed by atoms with Gasteiger partial charge in [0.15, 0.2) is 11.5 Å². The summed E-state index contributed by atoms with van der Waals surface area (Å²) in [5.41, 5.74) is 0.816. The summed E-state index contributed by atoms with van der Waals surface area (Å²) in [5.74, 6) is 0.816. The van der Waals surface area contributed by atoms with E-state index in [0.717, 1.165) is 22.6 Å². The van der Waals surface area contributed by atoms with Gasteiger partial charge in [-0.3, -0.25) is 0 Å². The second-order valence-electron chi connectivity index (χ2n) is 4.17. The Morgan fingerprint density at radius 3 is 3.28 bits per heavy atom. The van der Waals surface area contributed by atoms with Crippen molar-refractivity contribution >= 4 is 27.4 Å². The monoisotopic (exact) mass is 312 g/mol. The van der Waals surface area contributed by atoms with Crippen LogP contribution in [0.3, 0.4) is 0 Å². The van der Waals surface area contributed by atoms with Gasteiger partial charge in [-0.2, -0.15) is 0 Å². The quantitative estimate of drug-likeness (QED) is 0.884. The van der Waals surface area contributed by atoms with Gasteiger partial charge in [0.25, 0.3) is 0 Å². The summed E-state index contributed by atoms with van der Waals surface area (Å²) in [5, 5.41) is 9.18. The number of aromatic nitrogens is 3. The fraction of sp³-hybridized carbons (Fsp3) is 0.455. The number of imidazole rings is 1. The molecule has 2 aromatic rings. The molecule has 0 amide bonds. The summed E-state index contributed by atoms with van der Waals surface area (Å²) in [6.45, 7) is 1.99. The molecular formula is C11H13BrN4O2. The largest absolute Gasteiger partial charge is 0.394 e. The molecule has 1 N–H and O–H groups in total. The Bertz CT molecular complexity index is 559. The lowest BCUT2D eigenvalue weighted by Gasteiger charge is -2.32. The predicted octanol–water partition coefficient (Wildman–Crippen LogP) is 0.689. The third-order valence-electron chi connectivity index (χ3n) is 2.97. The van der Waals surface area contributed by atoms with Gasteiger partial charge in [0.05, 0.1) is 19.3 Å². The van der Waals surface area contributed by atoms with Crippen LogP contribution in [-0.2, 0) is 4.74 Å². The standard InChI is InChI=1S/C11H13BrN4O2/c12-9-6-15-2-1-13-10(15)11(14-9)16-3-4-18-8(5-16)7-17/h1-2,6,8,17H,3-5,7H2. The minimum atomic E-state index is -0.158. The minimum Gasteiger partial charge on any atom is -0.394 e. The SMILES string of the molecule is OCC1CN(c2nc(Br)cn3ccnc23)CCO1. The van der Waals surface area contributed by atoms with Crippen molar-refractivity contribution in [3.8, 4) is 0 Å². The Morgan fingerprint density at radius 1 is 1.56 bits per heavy atom. The van der Waals surface area contributed by atoms with E-state index in [4.69, 9.17) is 4.74 Å². The number of halogens is 1. The highest BCUT2D eigenvalue weighted by molar-refractivity contribution is 9.10. The van der Waals surface area contributed by atoms with Crippen LogP contribution in [-0.4, -0.2) is 51.9 Å². The molecule has 0 saturated carbocycles. The highest BCUT2D eigenvalue weighted by Gasteiger charge is 2.23. The summed E-state index contributed by atoms with van der Waals surface area (Å²) in [4.78, 5) is 10.9. The first kappa shape index (κ1) is 11.9. The minimum absolute atomic E-state index is 0.0230. The van der Waals surface area contributed by atoms with Crippen molar-refractivity contribution < 1.29 is 9.84 Å². The maximum absolute atomic E-state index is 9.18. The summed E-state index contributed by atoms with van der Waals surface area (Å²) in [7, 11) is 0. The first-order valence-corrected chi connectivity index (χ1v) is 6.54. The van der Waals surface area contributed by atoms with E-state index >= 15 is 0 Å². The van der Waals surface area contributed by atoms with Crippen molar-refractivity contribution in [2.75, 3.05) is 31.2 Å². The van der Waals surface area contributed by atoms with E-state index in [-0.39, 0.29) is 12.7 Å². The smallest absolute Gasteiger partial charge is 0.180 e. The van der Waals surface area contributed by atoms with Crippen LogP contribution in [0.4, 0.5) is 5.82 Å². The number of aliphatic hydroxyl groups excluding tert-OH is 1. The average Bonchev–Trinajstić information content (AvgIpc) is 2.85. The molecule has 1 saturated heterocycles. The molecule has 3 heterocycles. The van der Waals surface area contributed by atoms with Gasteiger partial charge in [-0.25, -0.2) is 9.97 Å². The number of morpholine rings is 1. The van der Waals surface area contributed by atoms with Gasteiger partial charge in [0.2, 0.25) is 0 Å². The molecule has 6 nitrogen and oxygen atoms in total. The zero-order chi connectivity index (χ0) is 12.5. The second kappa shape index (κ2) is 4.83. The number of fused-ring (bicyclic) bond motifs is 1. The van der Waals surface area contributed by atoms with Gasteiger partial charge in [-0.1, -0.05) is 0 Å². The fourth-order valence-corrected chi connectivity index (χ4v) is 2.51. The molecule has 1 fully saturated rings. The molecule has 1 aliphatic rings. The van der Waals surface area contributed by atoms with E-state index in [2.05, 4.69) is 30.8 Å². The first-order chi connectivity index (χ1) is 8.78. The number of hydrogen-bond acceptors (Lipinski definition) is 5. The lowest BCUT2D eigenvalue weighted by Crippen LogP contribution is -2.44. The molecule has 0 radical (unpaired) electrons. The average molecular weight is 313 g/mol. The van der Waals surface area contributed by atoms with E-state index in [1.807, 2.05) is 16.8 Å². The third-order valence-corrected chi connectivity index (χ3v) is 3.35. The normalized spacial score (nSPS) is 20.6. The second-order valence-corrected chi connectivity index (χ2v) is 4.98. The summed E-state index contributed by atoms with van der Waals surface area (Å²) in [6, 6.07) is 0. The highest BCUT2D eigenvalue weighted by atomic mass is 79.9. The van der Waals surface area contributed by atoms with E-state index in [9.17, 15) is 5.11 Å². The topological polar surface area (TPSA) is 62.9 Å². The molecule has 7 heteroatoms. The number of hydrogen-bond donors (Lipinski definition) is 1. The number of nitrogens with zero attached hydrogens (tertiary/aromatic N) is 4. The van der Waals surface area contributed by atoms with Crippen molar-refractivity contribution in [2.24, 2.45) is 0 Å². The lowest BCUT2D eigenvalue weighted by molar-refractivity contribution is 0.00340. The summed E-state index contributed by atoms with van der Waals surface area (Å²) < 4.78 is 8.13. The van der Waals surface area contributed by atoms with Crippen LogP contribution in [0.15, 0.2) is 23.2 Å². The zero-order valence-electron chi connectivity index (χ0n) is 9.66. The van der Waals surface area contributed by atoms with Crippen molar-refractivity contribution in [1.82, 2.24) is 14.4 Å². The Morgan fingerprint density at radius 2 is 2.44 bits per heavy atom. The molecule has 1 atom stereocenters. The summed E-state index contributed by atoms with van der Waals surface area (Å²) in [6.07, 6.45) is 5.34. The van der Waals surface area contributed by atoms with Gasteiger partial charge in [0.1, 0.15) is 4.60 Å². The van der Waals surface area contributed by atoms with Crippen LogP contribution in [0.5, 0.6) is 0 Å². The van der Waals surface area contributed by atoms with E-state index in [1.54, 1.807) is 6.20 Å². The number of aliphatic hydroxyl groups is 1. The lowest BCUT2D eigenvalue weighted by atomic mass is 10.3. The molecule has 1 aliphatic heterocycles. The van der Waals surface area contributed by atoms with Crippen LogP contribution in [0.2, 0.25) is 0 Å². The van der Waals surface area contributed by atoms with Gasteiger partial charge < -0.3 is 19.1 Å². The Hall–Kier alpha value is -1.18. The Labute approximate surface area is 112 Å². The van der Waals surface area contributed by atoms with Gasteiger partial charge in [-0.05, 0) is 15.9 Å². The van der Waals surface area contributed by atoms with E-state index < -0.39 is 0 Å². The number of rotatable bonds is 2. The molecule has 96 valence electrons. The van der Waals surface area contributed by atoms with E-state index in [0.29, 0.717) is 13.2 Å². The number of anilines is 1. The van der Waals surface area contributed by atoms with Crippen LogP contribution < -0.4 is 4.90 Å². The zero-order valence-corrected chi connectivity index (χ0v) is 11.2. The third kappa shape index (κ3) is 2.09. The molecule has 0 spiro atoms. The van der Waals surface area contributed by atoms with Gasteiger partial charge in [0, 0.05) is 31.7 Å². The van der Waals surface area contributed by atoms with Crippen LogP contribution in [0, 0.1) is 0 Å². The van der Waals surface area contributed by atoms with Crippen molar-refractivity contribution in [1.29, 1.82) is 0 Å². The van der Waals surface area contributed by atoms with Gasteiger partial charge >= 0.3 is 0 Å².